The third-order valence-electron chi connectivity index (χ3n) is 7.17. The summed E-state index contributed by atoms with van der Waals surface area (Å²) in [5, 5.41) is 2.94. The van der Waals surface area contributed by atoms with E-state index < -0.39 is 0 Å². The number of aryl methyl sites for hydroxylation is 1. The number of nitrogens with zero attached hydrogens (tertiary/aromatic N) is 1. The number of hydrogen-bond donors (Lipinski definition) is 1. The van der Waals surface area contributed by atoms with Crippen molar-refractivity contribution < 1.29 is 14.4 Å². The largest absolute Gasteiger partial charge is 0.322 e. The average molecular weight is 388 g/mol. The topological polar surface area (TPSA) is 66.5 Å². The molecule has 5 nitrogen and oxygen atoms in total. The molecule has 5 heteroatoms. The zero-order valence-corrected chi connectivity index (χ0v) is 16.6. The van der Waals surface area contributed by atoms with Crippen LogP contribution < -0.4 is 10.2 Å². The third-order valence-corrected chi connectivity index (χ3v) is 7.17. The van der Waals surface area contributed by atoms with Gasteiger partial charge in [-0.05, 0) is 86.4 Å². The van der Waals surface area contributed by atoms with Crippen LogP contribution in [0.1, 0.15) is 40.7 Å². The lowest BCUT2D eigenvalue weighted by molar-refractivity contribution is -0.123. The van der Waals surface area contributed by atoms with E-state index in [0.29, 0.717) is 23.1 Å². The molecule has 1 N–H and O–H groups in total. The van der Waals surface area contributed by atoms with E-state index in [1.165, 1.54) is 4.90 Å². The average Bonchev–Trinajstić information content (AvgIpc) is 3.39. The molecular formula is C24H24N2O3. The molecule has 2 aromatic carbocycles. The van der Waals surface area contributed by atoms with Crippen molar-refractivity contribution in [2.75, 3.05) is 10.2 Å². The molecule has 3 fully saturated rings. The molecular weight excluding hydrogens is 364 g/mol. The first kappa shape index (κ1) is 18.1. The molecule has 148 valence electrons. The van der Waals surface area contributed by atoms with Crippen LogP contribution in [0.3, 0.4) is 0 Å². The van der Waals surface area contributed by atoms with Gasteiger partial charge in [-0.25, -0.2) is 0 Å². The summed E-state index contributed by atoms with van der Waals surface area (Å²) in [5.41, 5.74) is 3.99. The summed E-state index contributed by atoms with van der Waals surface area (Å²) < 4.78 is 0. The molecule has 0 spiro atoms. The molecule has 3 amide bonds. The first-order chi connectivity index (χ1) is 14.0. The van der Waals surface area contributed by atoms with Crippen LogP contribution in [0.2, 0.25) is 0 Å². The predicted molar refractivity (Wildman–Crippen MR) is 111 cm³/mol. The van der Waals surface area contributed by atoms with Gasteiger partial charge in [0, 0.05) is 11.3 Å². The summed E-state index contributed by atoms with van der Waals surface area (Å²) in [4.78, 5) is 39.9. The standard InChI is InChI=1S/C24H24N2O3/c1-13-4-3-5-19(14(13)2)25-22(27)15-8-10-18(11-9-15)26-23(28)20-16-6-7-17(12-16)21(20)24(26)29/h3-5,8-11,16-17,20-21H,6-7,12H2,1-2H3,(H,25,27). The van der Waals surface area contributed by atoms with E-state index in [1.807, 2.05) is 32.0 Å². The molecule has 1 heterocycles. The minimum atomic E-state index is -0.209. The number of carbonyl (C=O) groups excluding carboxylic acids is 3. The quantitative estimate of drug-likeness (QED) is 0.806. The Bertz CT molecular complexity index is 999. The van der Waals surface area contributed by atoms with E-state index in [1.54, 1.807) is 24.3 Å². The molecule has 4 unspecified atom stereocenters. The van der Waals surface area contributed by atoms with Crippen LogP contribution in [0.25, 0.3) is 0 Å². The van der Waals surface area contributed by atoms with Crippen molar-refractivity contribution >= 4 is 29.1 Å². The van der Waals surface area contributed by atoms with Crippen LogP contribution in [-0.2, 0) is 9.59 Å². The molecule has 2 aliphatic carbocycles. The van der Waals surface area contributed by atoms with Gasteiger partial charge in [-0.1, -0.05) is 12.1 Å². The summed E-state index contributed by atoms with van der Waals surface area (Å²) in [6.45, 7) is 3.98. The van der Waals surface area contributed by atoms with Gasteiger partial charge in [0.25, 0.3) is 5.91 Å². The summed E-state index contributed by atoms with van der Waals surface area (Å²) in [6, 6.07) is 12.6. The van der Waals surface area contributed by atoms with Gasteiger partial charge in [0.05, 0.1) is 17.5 Å². The second-order valence-electron chi connectivity index (χ2n) is 8.65. The maximum absolute atomic E-state index is 12.9. The van der Waals surface area contributed by atoms with Gasteiger partial charge in [0.15, 0.2) is 0 Å². The lowest BCUT2D eigenvalue weighted by Crippen LogP contribution is -2.32. The lowest BCUT2D eigenvalue weighted by Gasteiger charge is -2.19. The number of fused-ring (bicyclic) bond motifs is 5. The molecule has 29 heavy (non-hydrogen) atoms. The minimum absolute atomic E-state index is 0.0558. The van der Waals surface area contributed by atoms with E-state index in [2.05, 4.69) is 5.32 Å². The van der Waals surface area contributed by atoms with E-state index in [-0.39, 0.29) is 29.6 Å². The smallest absolute Gasteiger partial charge is 0.255 e. The molecule has 0 aromatic heterocycles. The van der Waals surface area contributed by atoms with Crippen LogP contribution in [0, 0.1) is 37.5 Å². The van der Waals surface area contributed by atoms with Crippen molar-refractivity contribution in [3.63, 3.8) is 0 Å². The van der Waals surface area contributed by atoms with Crippen molar-refractivity contribution in [3.8, 4) is 0 Å². The number of imide groups is 1. The summed E-state index contributed by atoms with van der Waals surface area (Å²) in [6.07, 6.45) is 3.16. The first-order valence-corrected chi connectivity index (χ1v) is 10.3. The fraction of sp³-hybridized carbons (Fsp3) is 0.375. The van der Waals surface area contributed by atoms with E-state index in [9.17, 15) is 14.4 Å². The maximum atomic E-state index is 12.9. The molecule has 5 rings (SSSR count). The number of benzene rings is 2. The number of amides is 3. The van der Waals surface area contributed by atoms with Crippen LogP contribution in [-0.4, -0.2) is 17.7 Å². The summed E-state index contributed by atoms with van der Waals surface area (Å²) >= 11 is 0. The van der Waals surface area contributed by atoms with Gasteiger partial charge < -0.3 is 5.32 Å². The second kappa shape index (κ2) is 6.55. The molecule has 1 saturated heterocycles. The summed E-state index contributed by atoms with van der Waals surface area (Å²) in [7, 11) is 0. The van der Waals surface area contributed by atoms with Crippen molar-refractivity contribution in [2.24, 2.45) is 23.7 Å². The normalized spacial score (nSPS) is 27.4. The first-order valence-electron chi connectivity index (χ1n) is 10.3. The highest BCUT2D eigenvalue weighted by Crippen LogP contribution is 2.56. The minimum Gasteiger partial charge on any atom is -0.322 e. The monoisotopic (exact) mass is 388 g/mol. The Morgan fingerprint density at radius 2 is 1.55 bits per heavy atom. The number of carbonyl (C=O) groups is 3. The Hall–Kier alpha value is -2.95. The number of nitrogens with one attached hydrogen (secondary N) is 1. The zero-order valence-electron chi connectivity index (χ0n) is 16.6. The Balaban J connectivity index is 1.35. The van der Waals surface area contributed by atoms with E-state index in [4.69, 9.17) is 0 Å². The third kappa shape index (κ3) is 2.71. The van der Waals surface area contributed by atoms with Gasteiger partial charge in [-0.3, -0.25) is 19.3 Å². The van der Waals surface area contributed by atoms with Crippen LogP contribution >= 0.6 is 0 Å². The highest BCUT2D eigenvalue weighted by Gasteiger charge is 2.61. The molecule has 0 radical (unpaired) electrons. The van der Waals surface area contributed by atoms with Gasteiger partial charge in [-0.2, -0.15) is 0 Å². The number of hydrogen-bond acceptors (Lipinski definition) is 3. The van der Waals surface area contributed by atoms with Gasteiger partial charge in [0.2, 0.25) is 11.8 Å². The van der Waals surface area contributed by atoms with Crippen LogP contribution in [0.15, 0.2) is 42.5 Å². The fourth-order valence-electron chi connectivity index (χ4n) is 5.51. The van der Waals surface area contributed by atoms with Gasteiger partial charge in [-0.15, -0.1) is 0 Å². The fourth-order valence-corrected chi connectivity index (χ4v) is 5.51. The van der Waals surface area contributed by atoms with Crippen LogP contribution in [0.5, 0.6) is 0 Å². The second-order valence-corrected chi connectivity index (χ2v) is 8.65. The summed E-state index contributed by atoms with van der Waals surface area (Å²) in [5.74, 6) is 0.156. The van der Waals surface area contributed by atoms with Crippen molar-refractivity contribution in [1.82, 2.24) is 0 Å². The highest BCUT2D eigenvalue weighted by atomic mass is 16.2. The SMILES string of the molecule is Cc1cccc(NC(=O)c2ccc(N3C(=O)C4C5CCC(C5)C4C3=O)cc2)c1C. The maximum Gasteiger partial charge on any atom is 0.255 e. The molecule has 4 atom stereocenters. The Morgan fingerprint density at radius 1 is 0.931 bits per heavy atom. The lowest BCUT2D eigenvalue weighted by atomic mass is 9.81. The van der Waals surface area contributed by atoms with Gasteiger partial charge >= 0.3 is 0 Å². The number of anilines is 2. The Labute approximate surface area is 170 Å². The highest BCUT2D eigenvalue weighted by molar-refractivity contribution is 6.22. The molecule has 1 aliphatic heterocycles. The van der Waals surface area contributed by atoms with E-state index in [0.717, 1.165) is 36.1 Å². The number of rotatable bonds is 3. The van der Waals surface area contributed by atoms with E-state index >= 15 is 0 Å². The molecule has 3 aliphatic rings. The van der Waals surface area contributed by atoms with Gasteiger partial charge in [0.1, 0.15) is 0 Å². The predicted octanol–water partition coefficient (Wildman–Crippen LogP) is 4.09. The van der Waals surface area contributed by atoms with Crippen molar-refractivity contribution in [1.29, 1.82) is 0 Å². The molecule has 2 saturated carbocycles. The zero-order chi connectivity index (χ0) is 20.3. The molecule has 2 aromatic rings. The Morgan fingerprint density at radius 3 is 2.17 bits per heavy atom. The Kier molecular flexibility index (Phi) is 4.09. The molecule has 2 bridgehead atoms. The van der Waals surface area contributed by atoms with Crippen molar-refractivity contribution in [3.05, 3.63) is 59.2 Å². The van der Waals surface area contributed by atoms with Crippen molar-refractivity contribution in [2.45, 2.75) is 33.1 Å². The van der Waals surface area contributed by atoms with Crippen LogP contribution in [0.4, 0.5) is 11.4 Å².